The van der Waals surface area contributed by atoms with Gasteiger partial charge in [0.05, 0.1) is 6.54 Å². The van der Waals surface area contributed by atoms with Crippen molar-refractivity contribution >= 4 is 14.0 Å². The number of nitrogens with zero attached hydrogens (tertiary/aromatic N) is 1. The van der Waals surface area contributed by atoms with Crippen molar-refractivity contribution in [1.29, 1.82) is 0 Å². The van der Waals surface area contributed by atoms with Crippen LogP contribution in [0.25, 0.3) is 0 Å². The van der Waals surface area contributed by atoms with E-state index >= 15 is 0 Å². The molecule has 0 bridgehead atoms. The van der Waals surface area contributed by atoms with Gasteiger partial charge in [0, 0.05) is 19.5 Å². The molecule has 0 amide bonds. The third kappa shape index (κ3) is 7.29. The summed E-state index contributed by atoms with van der Waals surface area (Å²) in [6.45, 7) is 9.93. The van der Waals surface area contributed by atoms with E-state index < -0.39 is 8.07 Å². The molecule has 134 valence electrons. The van der Waals surface area contributed by atoms with Crippen LogP contribution in [0.4, 0.5) is 0 Å². The molecule has 1 aromatic rings. The van der Waals surface area contributed by atoms with Crippen LogP contribution in [0.5, 0.6) is 0 Å². The van der Waals surface area contributed by atoms with Crippen LogP contribution in [0.15, 0.2) is 42.5 Å². The minimum Gasteiger partial charge on any atom is -0.458 e. The molecular weight excluding hydrogens is 326 g/mol. The van der Waals surface area contributed by atoms with Gasteiger partial charge in [-0.25, -0.2) is 0 Å². The molecule has 0 unspecified atom stereocenters. The standard InChI is InChI=1S/C21H29NO2Si/c1-18(23)24-21-13-11-20(12-14-21)22(15-8-16-25(2,3)4)17-19-9-6-5-7-10-19/h5-7,9-11,13,20-21H,12,14-15,17H2,1-4H3/t20-,21+/m0/s1. The van der Waals surface area contributed by atoms with E-state index in [9.17, 15) is 4.79 Å². The summed E-state index contributed by atoms with van der Waals surface area (Å²) in [5.74, 6) is 3.19. The van der Waals surface area contributed by atoms with Crippen molar-refractivity contribution in [3.8, 4) is 11.5 Å². The first-order chi connectivity index (χ1) is 11.8. The molecule has 25 heavy (non-hydrogen) atoms. The van der Waals surface area contributed by atoms with E-state index in [0.717, 1.165) is 25.9 Å². The molecular formula is C21H29NO2Si. The molecule has 2 atom stereocenters. The highest BCUT2D eigenvalue weighted by Gasteiger charge is 2.22. The molecule has 0 spiro atoms. The van der Waals surface area contributed by atoms with Crippen molar-refractivity contribution in [2.24, 2.45) is 0 Å². The van der Waals surface area contributed by atoms with Crippen LogP contribution in [-0.2, 0) is 16.1 Å². The minimum absolute atomic E-state index is 0.0830. The Morgan fingerprint density at radius 2 is 1.92 bits per heavy atom. The highest BCUT2D eigenvalue weighted by atomic mass is 28.3. The maximum absolute atomic E-state index is 11.1. The molecule has 0 aliphatic heterocycles. The summed E-state index contributed by atoms with van der Waals surface area (Å²) >= 11 is 0. The number of carbonyl (C=O) groups is 1. The number of hydrogen-bond acceptors (Lipinski definition) is 3. The zero-order chi connectivity index (χ0) is 18.3. The van der Waals surface area contributed by atoms with Gasteiger partial charge in [-0.2, -0.15) is 0 Å². The Labute approximate surface area is 153 Å². The summed E-state index contributed by atoms with van der Waals surface area (Å²) in [5, 5.41) is 0. The lowest BCUT2D eigenvalue weighted by Gasteiger charge is -2.32. The number of carbonyl (C=O) groups excluding carboxylic acids is 1. The van der Waals surface area contributed by atoms with Crippen LogP contribution < -0.4 is 0 Å². The molecule has 3 nitrogen and oxygen atoms in total. The lowest BCUT2D eigenvalue weighted by Crippen LogP contribution is -2.37. The monoisotopic (exact) mass is 355 g/mol. The van der Waals surface area contributed by atoms with Crippen molar-refractivity contribution in [3.63, 3.8) is 0 Å². The summed E-state index contributed by atoms with van der Waals surface area (Å²) < 4.78 is 5.30. The van der Waals surface area contributed by atoms with Crippen molar-refractivity contribution in [3.05, 3.63) is 48.0 Å². The summed E-state index contributed by atoms with van der Waals surface area (Å²) in [6, 6.07) is 10.9. The van der Waals surface area contributed by atoms with Gasteiger partial charge in [-0.3, -0.25) is 9.69 Å². The second-order valence-electron chi connectivity index (χ2n) is 7.62. The van der Waals surface area contributed by atoms with Gasteiger partial charge in [0.2, 0.25) is 0 Å². The first-order valence-electron chi connectivity index (χ1n) is 8.97. The second kappa shape index (κ2) is 9.03. The lowest BCUT2D eigenvalue weighted by atomic mass is 9.98. The van der Waals surface area contributed by atoms with Gasteiger partial charge in [0.1, 0.15) is 14.2 Å². The van der Waals surface area contributed by atoms with Crippen molar-refractivity contribution in [2.75, 3.05) is 6.54 Å². The Balaban J connectivity index is 2.08. The smallest absolute Gasteiger partial charge is 0.303 e. The summed E-state index contributed by atoms with van der Waals surface area (Å²) in [5.41, 5.74) is 4.76. The SMILES string of the molecule is CC(=O)O[C@@H]1C=C[C@H](N(CC#C[Si](C)(C)C)Cc2ccccc2)CC1. The van der Waals surface area contributed by atoms with Gasteiger partial charge < -0.3 is 4.74 Å². The number of rotatable bonds is 5. The Kier molecular flexibility index (Phi) is 7.04. The predicted octanol–water partition coefficient (Wildman–Crippen LogP) is 4.02. The fourth-order valence-corrected chi connectivity index (χ4v) is 3.52. The largest absolute Gasteiger partial charge is 0.458 e. The number of hydrogen-bond donors (Lipinski definition) is 0. The zero-order valence-electron chi connectivity index (χ0n) is 15.8. The molecule has 0 radical (unpaired) electrons. The summed E-state index contributed by atoms with van der Waals surface area (Å²) in [6.07, 6.45) is 5.97. The topological polar surface area (TPSA) is 29.5 Å². The number of benzene rings is 1. The van der Waals surface area contributed by atoms with Gasteiger partial charge in [-0.1, -0.05) is 62.0 Å². The second-order valence-corrected chi connectivity index (χ2v) is 12.4. The molecule has 4 heteroatoms. The quantitative estimate of drug-likeness (QED) is 0.346. The Bertz CT molecular complexity index is 652. The number of esters is 1. The van der Waals surface area contributed by atoms with E-state index in [1.54, 1.807) is 0 Å². The lowest BCUT2D eigenvalue weighted by molar-refractivity contribution is -0.144. The predicted molar refractivity (Wildman–Crippen MR) is 106 cm³/mol. The first kappa shape index (κ1) is 19.5. The summed E-state index contributed by atoms with van der Waals surface area (Å²) in [4.78, 5) is 13.5. The van der Waals surface area contributed by atoms with Gasteiger partial charge in [-0.05, 0) is 24.5 Å². The molecule has 0 heterocycles. The molecule has 0 aromatic heterocycles. The average molecular weight is 356 g/mol. The molecule has 2 rings (SSSR count). The van der Waals surface area contributed by atoms with E-state index in [2.05, 4.69) is 66.3 Å². The van der Waals surface area contributed by atoms with Gasteiger partial charge in [0.15, 0.2) is 0 Å². The van der Waals surface area contributed by atoms with Crippen LogP contribution in [0.2, 0.25) is 19.6 Å². The maximum Gasteiger partial charge on any atom is 0.303 e. The van der Waals surface area contributed by atoms with Crippen molar-refractivity contribution < 1.29 is 9.53 Å². The molecule has 1 aliphatic rings. The Morgan fingerprint density at radius 3 is 2.48 bits per heavy atom. The minimum atomic E-state index is -1.36. The maximum atomic E-state index is 11.1. The highest BCUT2D eigenvalue weighted by molar-refractivity contribution is 6.83. The molecule has 1 aromatic carbocycles. The highest BCUT2D eigenvalue weighted by Crippen LogP contribution is 2.21. The zero-order valence-corrected chi connectivity index (χ0v) is 16.8. The third-order valence-electron chi connectivity index (χ3n) is 4.06. The normalized spacial score (nSPS) is 20.0. The molecule has 0 fully saturated rings. The summed E-state index contributed by atoms with van der Waals surface area (Å²) in [7, 11) is -1.36. The first-order valence-corrected chi connectivity index (χ1v) is 12.5. The van der Waals surface area contributed by atoms with Crippen molar-refractivity contribution in [1.82, 2.24) is 4.90 Å². The molecule has 0 saturated heterocycles. The average Bonchev–Trinajstić information content (AvgIpc) is 2.54. The van der Waals surface area contributed by atoms with Crippen molar-refractivity contribution in [2.45, 2.75) is 58.1 Å². The van der Waals surface area contributed by atoms with E-state index in [-0.39, 0.29) is 12.1 Å². The van der Waals surface area contributed by atoms with Crippen LogP contribution >= 0.6 is 0 Å². The third-order valence-corrected chi connectivity index (χ3v) is 4.98. The van der Waals surface area contributed by atoms with E-state index in [4.69, 9.17) is 4.74 Å². The Morgan fingerprint density at radius 1 is 1.20 bits per heavy atom. The molecule has 0 N–H and O–H groups in total. The molecule has 0 saturated carbocycles. The fourth-order valence-electron chi connectivity index (χ4n) is 2.91. The van der Waals surface area contributed by atoms with E-state index in [0.29, 0.717) is 6.04 Å². The van der Waals surface area contributed by atoms with Crippen LogP contribution in [-0.4, -0.2) is 37.6 Å². The van der Waals surface area contributed by atoms with Gasteiger partial charge >= 0.3 is 5.97 Å². The van der Waals surface area contributed by atoms with Crippen LogP contribution in [0.3, 0.4) is 0 Å². The van der Waals surface area contributed by atoms with E-state index in [1.165, 1.54) is 12.5 Å². The van der Waals surface area contributed by atoms with Crippen LogP contribution in [0, 0.1) is 11.5 Å². The van der Waals surface area contributed by atoms with E-state index in [1.807, 2.05) is 12.1 Å². The van der Waals surface area contributed by atoms with Crippen LogP contribution in [0.1, 0.15) is 25.3 Å². The molecule has 1 aliphatic carbocycles. The number of ether oxygens (including phenoxy) is 1. The van der Waals surface area contributed by atoms with Gasteiger partial charge in [0.25, 0.3) is 0 Å². The fraction of sp³-hybridized carbons (Fsp3) is 0.476. The Hall–Kier alpha value is -1.83. The van der Waals surface area contributed by atoms with Gasteiger partial charge in [-0.15, -0.1) is 5.54 Å².